The van der Waals surface area contributed by atoms with Gasteiger partial charge in [-0.2, -0.15) is 5.10 Å². The van der Waals surface area contributed by atoms with Gasteiger partial charge >= 0.3 is 5.69 Å². The summed E-state index contributed by atoms with van der Waals surface area (Å²) in [4.78, 5) is 44.2. The van der Waals surface area contributed by atoms with Crippen LogP contribution in [0, 0.1) is 6.92 Å². The van der Waals surface area contributed by atoms with Crippen LogP contribution in [0.15, 0.2) is 21.9 Å². The van der Waals surface area contributed by atoms with Crippen molar-refractivity contribution in [3.63, 3.8) is 0 Å². The second kappa shape index (κ2) is 7.06. The average molecular weight is 384 g/mol. The molecule has 0 saturated heterocycles. The van der Waals surface area contributed by atoms with Crippen molar-refractivity contribution in [2.75, 3.05) is 0 Å². The smallest absolute Gasteiger partial charge is 0.329 e. The highest BCUT2D eigenvalue weighted by atomic mass is 16.2. The molecule has 3 heterocycles. The standard InChI is InChI=1S/C19H24N6O3/c1-9(2)14-7-12(15-16(22-14)24(5)19(28)23-18(15)27)17(26)21-10(3)13-8-20-25(6)11(13)4/h7-10H,1-6H3,(H,21,26)(H,23,27,28). The Balaban J connectivity index is 2.14. The number of aryl methyl sites for hydroxylation is 2. The summed E-state index contributed by atoms with van der Waals surface area (Å²) in [5.74, 6) is -0.391. The van der Waals surface area contributed by atoms with Crippen molar-refractivity contribution in [2.45, 2.75) is 39.7 Å². The number of aromatic amines is 1. The van der Waals surface area contributed by atoms with E-state index in [1.54, 1.807) is 16.9 Å². The normalized spacial score (nSPS) is 12.5. The van der Waals surface area contributed by atoms with Crippen LogP contribution in [0.5, 0.6) is 0 Å². The predicted octanol–water partition coefficient (Wildman–Crippen LogP) is 1.28. The molecule has 9 nitrogen and oxygen atoms in total. The van der Waals surface area contributed by atoms with Crippen molar-refractivity contribution < 1.29 is 4.79 Å². The minimum absolute atomic E-state index is 0.0170. The van der Waals surface area contributed by atoms with E-state index in [0.717, 1.165) is 11.3 Å². The van der Waals surface area contributed by atoms with Gasteiger partial charge in [0.25, 0.3) is 11.5 Å². The van der Waals surface area contributed by atoms with Crippen LogP contribution in [0.25, 0.3) is 11.0 Å². The van der Waals surface area contributed by atoms with E-state index in [2.05, 4.69) is 20.4 Å². The quantitative estimate of drug-likeness (QED) is 0.703. The molecule has 0 aliphatic rings. The summed E-state index contributed by atoms with van der Waals surface area (Å²) in [6.45, 7) is 7.64. The van der Waals surface area contributed by atoms with E-state index < -0.39 is 17.2 Å². The Bertz CT molecular complexity index is 1180. The zero-order valence-electron chi connectivity index (χ0n) is 16.8. The van der Waals surface area contributed by atoms with Crippen molar-refractivity contribution in [1.29, 1.82) is 0 Å². The molecule has 0 spiro atoms. The topological polar surface area (TPSA) is 115 Å². The van der Waals surface area contributed by atoms with Crippen LogP contribution in [0.4, 0.5) is 0 Å². The monoisotopic (exact) mass is 384 g/mol. The second-order valence-electron chi connectivity index (χ2n) is 7.27. The van der Waals surface area contributed by atoms with Crippen LogP contribution in [0.1, 0.15) is 60.0 Å². The molecule has 28 heavy (non-hydrogen) atoms. The van der Waals surface area contributed by atoms with E-state index in [1.807, 2.05) is 34.7 Å². The molecule has 3 aromatic heterocycles. The highest BCUT2D eigenvalue weighted by Gasteiger charge is 2.22. The van der Waals surface area contributed by atoms with E-state index in [9.17, 15) is 14.4 Å². The molecule has 3 aromatic rings. The van der Waals surface area contributed by atoms with Gasteiger partial charge in [0.05, 0.1) is 23.2 Å². The van der Waals surface area contributed by atoms with Crippen LogP contribution >= 0.6 is 0 Å². The lowest BCUT2D eigenvalue weighted by Gasteiger charge is -2.16. The van der Waals surface area contributed by atoms with Crippen molar-refractivity contribution in [3.8, 4) is 0 Å². The lowest BCUT2D eigenvalue weighted by atomic mass is 10.0. The number of nitrogens with zero attached hydrogens (tertiary/aromatic N) is 4. The largest absolute Gasteiger partial charge is 0.345 e. The Morgan fingerprint density at radius 3 is 2.46 bits per heavy atom. The number of hydrogen-bond acceptors (Lipinski definition) is 5. The summed E-state index contributed by atoms with van der Waals surface area (Å²) in [6.07, 6.45) is 1.71. The Morgan fingerprint density at radius 1 is 1.21 bits per heavy atom. The van der Waals surface area contributed by atoms with Gasteiger partial charge in [0.15, 0.2) is 0 Å². The Hall–Kier alpha value is -3.23. The van der Waals surface area contributed by atoms with Gasteiger partial charge < -0.3 is 5.32 Å². The van der Waals surface area contributed by atoms with Gasteiger partial charge in [-0.3, -0.25) is 23.8 Å². The van der Waals surface area contributed by atoms with Gasteiger partial charge in [-0.25, -0.2) is 9.78 Å². The number of amides is 1. The number of pyridine rings is 1. The molecule has 2 N–H and O–H groups in total. The Morgan fingerprint density at radius 2 is 1.89 bits per heavy atom. The highest BCUT2D eigenvalue weighted by Crippen LogP contribution is 2.21. The summed E-state index contributed by atoms with van der Waals surface area (Å²) in [7, 11) is 3.35. The average Bonchev–Trinajstić information content (AvgIpc) is 2.97. The number of H-pyrrole nitrogens is 1. The van der Waals surface area contributed by atoms with Crippen LogP contribution in [-0.2, 0) is 14.1 Å². The maximum Gasteiger partial charge on any atom is 0.329 e. The third-order valence-electron chi connectivity index (χ3n) is 5.01. The lowest BCUT2D eigenvalue weighted by molar-refractivity contribution is 0.0941. The Labute approximate surface area is 161 Å². The van der Waals surface area contributed by atoms with Crippen molar-refractivity contribution in [2.24, 2.45) is 14.1 Å². The molecular weight excluding hydrogens is 360 g/mol. The van der Waals surface area contributed by atoms with Crippen LogP contribution in [-0.4, -0.2) is 30.2 Å². The number of hydrogen-bond donors (Lipinski definition) is 2. The Kier molecular flexibility index (Phi) is 4.93. The van der Waals surface area contributed by atoms with E-state index in [-0.39, 0.29) is 28.6 Å². The van der Waals surface area contributed by atoms with E-state index in [1.165, 1.54) is 11.6 Å². The molecule has 0 aliphatic carbocycles. The molecule has 148 valence electrons. The first kappa shape index (κ1) is 19.5. The molecule has 1 unspecified atom stereocenters. The number of aromatic nitrogens is 5. The lowest BCUT2D eigenvalue weighted by Crippen LogP contribution is -2.33. The van der Waals surface area contributed by atoms with E-state index in [4.69, 9.17) is 0 Å². The number of nitrogens with one attached hydrogen (secondary N) is 2. The SMILES string of the molecule is Cc1c(C(C)NC(=O)c2cc(C(C)C)nc3c2c(=O)[nH]c(=O)n3C)cnn1C. The summed E-state index contributed by atoms with van der Waals surface area (Å²) in [5.41, 5.74) is 1.64. The van der Waals surface area contributed by atoms with Crippen molar-refractivity contribution in [1.82, 2.24) is 29.6 Å². The first-order chi connectivity index (χ1) is 13.1. The molecule has 0 saturated carbocycles. The van der Waals surface area contributed by atoms with Crippen LogP contribution in [0.3, 0.4) is 0 Å². The van der Waals surface area contributed by atoms with E-state index >= 15 is 0 Å². The molecule has 1 atom stereocenters. The summed E-state index contributed by atoms with van der Waals surface area (Å²) < 4.78 is 2.98. The summed E-state index contributed by atoms with van der Waals surface area (Å²) in [5, 5.41) is 7.22. The van der Waals surface area contributed by atoms with Crippen molar-refractivity contribution in [3.05, 3.63) is 55.6 Å². The molecule has 0 radical (unpaired) electrons. The molecule has 0 fully saturated rings. The third-order valence-corrected chi connectivity index (χ3v) is 5.01. The number of fused-ring (bicyclic) bond motifs is 1. The first-order valence-corrected chi connectivity index (χ1v) is 9.05. The molecular formula is C19H24N6O3. The number of carbonyl (C=O) groups is 1. The molecule has 3 rings (SSSR count). The highest BCUT2D eigenvalue weighted by molar-refractivity contribution is 6.05. The van der Waals surface area contributed by atoms with Gasteiger partial charge in [-0.1, -0.05) is 13.8 Å². The fourth-order valence-corrected chi connectivity index (χ4v) is 3.12. The van der Waals surface area contributed by atoms with Gasteiger partial charge in [0, 0.05) is 31.0 Å². The summed E-state index contributed by atoms with van der Waals surface area (Å²) >= 11 is 0. The number of carbonyl (C=O) groups excluding carboxylic acids is 1. The van der Waals surface area contributed by atoms with Crippen molar-refractivity contribution >= 4 is 16.9 Å². The summed E-state index contributed by atoms with van der Waals surface area (Å²) in [6, 6.07) is 1.31. The fraction of sp³-hybridized carbons (Fsp3) is 0.421. The van der Waals surface area contributed by atoms with Crippen LogP contribution < -0.4 is 16.6 Å². The minimum Gasteiger partial charge on any atom is -0.345 e. The first-order valence-electron chi connectivity index (χ1n) is 9.05. The molecule has 0 aliphatic heterocycles. The maximum absolute atomic E-state index is 13.1. The van der Waals surface area contributed by atoms with Gasteiger partial charge in [0.1, 0.15) is 5.65 Å². The van der Waals surface area contributed by atoms with Gasteiger partial charge in [-0.05, 0) is 25.8 Å². The molecule has 1 amide bonds. The molecule has 0 bridgehead atoms. The zero-order valence-corrected chi connectivity index (χ0v) is 16.8. The van der Waals surface area contributed by atoms with Crippen LogP contribution in [0.2, 0.25) is 0 Å². The molecule has 9 heteroatoms. The number of rotatable bonds is 4. The fourth-order valence-electron chi connectivity index (χ4n) is 3.12. The zero-order chi connectivity index (χ0) is 20.7. The third kappa shape index (κ3) is 3.23. The molecule has 0 aromatic carbocycles. The second-order valence-corrected chi connectivity index (χ2v) is 7.27. The van der Waals surface area contributed by atoms with Gasteiger partial charge in [0.2, 0.25) is 0 Å². The predicted molar refractivity (Wildman–Crippen MR) is 106 cm³/mol. The van der Waals surface area contributed by atoms with Gasteiger partial charge in [-0.15, -0.1) is 0 Å². The minimum atomic E-state index is -0.628. The van der Waals surface area contributed by atoms with E-state index in [0.29, 0.717) is 5.69 Å². The maximum atomic E-state index is 13.1.